The Kier molecular flexibility index (Phi) is 13.2. The molecule has 0 aromatic rings. The van der Waals surface area contributed by atoms with Gasteiger partial charge in [-0.15, -0.1) is 0 Å². The third kappa shape index (κ3) is 8.95. The van der Waals surface area contributed by atoms with Gasteiger partial charge in [-0.2, -0.15) is 0 Å². The molecule has 0 aromatic carbocycles. The van der Waals surface area contributed by atoms with E-state index in [9.17, 15) is 15.0 Å². The van der Waals surface area contributed by atoms with E-state index in [1.54, 1.807) is 0 Å². The number of rotatable bonds is 2. The van der Waals surface area contributed by atoms with E-state index in [4.69, 9.17) is 71.1 Å². The summed E-state index contributed by atoms with van der Waals surface area (Å²) in [6, 6.07) is 0. The van der Waals surface area contributed by atoms with Crippen LogP contribution >= 0.6 is 0 Å². The van der Waals surface area contributed by atoms with E-state index < -0.39 is 60.1 Å². The molecule has 16 aliphatic rings. The largest absolute Gasteiger partial charge is 0.459 e. The first-order chi connectivity index (χ1) is 37.1. The first-order valence-corrected chi connectivity index (χ1v) is 30.2. The van der Waals surface area contributed by atoms with Gasteiger partial charge in [-0.25, -0.2) is 0 Å². The number of fused-ring (bicyclic) bond motifs is 10. The van der Waals surface area contributed by atoms with Crippen LogP contribution in [0.1, 0.15) is 143 Å². The highest BCUT2D eigenvalue weighted by Crippen LogP contribution is 2.58. The van der Waals surface area contributed by atoms with Crippen molar-refractivity contribution >= 4 is 5.97 Å². The fraction of sp³-hybridized carbons (Fsp3) is 0.915. The molecule has 16 fully saturated rings. The average molecular weight is 1080 g/mol. The molecule has 31 atom stereocenters. The van der Waals surface area contributed by atoms with Crippen molar-refractivity contribution in [3.63, 3.8) is 0 Å². The standard InChI is InChI=1S/C59H84O18/c1-26-15-32-7-9-36-27(2)16-34(63-36)11-13-57-24-45-53(76-57)54-55(70-45)56(77-57)52-38(68-54)10-8-33(65-52)17-47(62)71-51-31(6)50-42(66-41(51)19-39(64-32)30(26)5)20-40-44(69-50)23-59(72-40)25-46-49(75-59)29(4)22-58(74-46)21-28(3)48-43(73-58)18-35(61)37(67-48)12-14-60/h26,28-29,31-46,48-56,60-61H,2,5,7-25H2,1,3-4,6H3/t26-,28+,29+,31+,32+,33-,34+,35-,36+,37-,38+,39-,40-,41+,42+,43+,44-,45+,46+,48+,49+,50+,51-,52+,53+,54+,55-,56+,57+,58-,59+/m1/s1. The minimum atomic E-state index is -0.908. The second-order valence-corrected chi connectivity index (χ2v) is 27.0. The smallest absolute Gasteiger partial charge is 0.308 e. The van der Waals surface area contributed by atoms with Crippen molar-refractivity contribution in [1.82, 2.24) is 0 Å². The summed E-state index contributed by atoms with van der Waals surface area (Å²) in [5.74, 6) is -2.66. The van der Waals surface area contributed by atoms with Gasteiger partial charge in [0.1, 0.15) is 36.6 Å². The van der Waals surface area contributed by atoms with Crippen LogP contribution in [-0.2, 0) is 75.8 Å². The normalized spacial score (nSPS) is 58.6. The van der Waals surface area contributed by atoms with Crippen LogP contribution in [0.2, 0.25) is 0 Å². The molecule has 0 amide bonds. The molecule has 16 aliphatic heterocycles. The average Bonchev–Trinajstić information content (AvgIpc) is 4.35. The maximum atomic E-state index is 14.6. The van der Waals surface area contributed by atoms with E-state index in [2.05, 4.69) is 40.9 Å². The highest BCUT2D eigenvalue weighted by atomic mass is 16.8. The SMILES string of the molecule is C=C1C[C@@H]2CC[C@@]34C[C@@H]5O[C@@H]6[C@@H](O[C@H]7CC[C@H](CC(=O)O[C@@H]8[C@@H](C)[C@@H]9O[C@@H]%10C[C@]%11(C[C@@H]%12O[C@]%13(C[C@H](C)[C@@H]%14O[C@H](CCO)[C@H](O)C[C@@H]%14O%13)C[C@H](C)[C@@H]%12O%11)O[C@@H]%10C[C@@H]9O[C@H]8C[C@H]8O[C@@H](CC[C@@H]1O2)C[C@@H](C)C8=C)O[C@@H]7[C@@H]6O3)[C@H]5O4. The van der Waals surface area contributed by atoms with Crippen LogP contribution in [0.15, 0.2) is 24.3 Å². The second kappa shape index (κ2) is 19.4. The predicted octanol–water partition coefficient (Wildman–Crippen LogP) is 5.56. The molecule has 12 bridgehead atoms. The molecule has 0 radical (unpaired) electrons. The first-order valence-electron chi connectivity index (χ1n) is 30.2. The van der Waals surface area contributed by atoms with Crippen molar-refractivity contribution in [2.24, 2.45) is 23.7 Å². The first kappa shape index (κ1) is 52.1. The second-order valence-electron chi connectivity index (χ2n) is 27.0. The molecule has 0 unspecified atom stereocenters. The zero-order chi connectivity index (χ0) is 52.4. The Bertz CT molecular complexity index is 2290. The quantitative estimate of drug-likeness (QED) is 0.257. The third-order valence-corrected chi connectivity index (χ3v) is 21.6. The molecule has 16 saturated heterocycles. The zero-order valence-corrected chi connectivity index (χ0v) is 45.4. The number of esters is 1. The Morgan fingerprint density at radius 1 is 0.494 bits per heavy atom. The molecule has 18 heteroatoms. The minimum Gasteiger partial charge on any atom is -0.459 e. The molecule has 18 nitrogen and oxygen atoms in total. The highest BCUT2D eigenvalue weighted by Gasteiger charge is 2.70. The number of aliphatic hydroxyl groups is 2. The van der Waals surface area contributed by atoms with E-state index >= 15 is 0 Å². The van der Waals surface area contributed by atoms with Crippen molar-refractivity contribution in [3.05, 3.63) is 24.3 Å². The molecule has 16 heterocycles. The number of carbonyl (C=O) groups is 1. The molecular formula is C59H84O18. The molecule has 3 spiro atoms. The van der Waals surface area contributed by atoms with E-state index in [0.717, 1.165) is 49.7 Å². The Labute approximate surface area is 452 Å². The predicted molar refractivity (Wildman–Crippen MR) is 268 cm³/mol. The van der Waals surface area contributed by atoms with Crippen LogP contribution in [0.5, 0.6) is 0 Å². The fourth-order valence-corrected chi connectivity index (χ4v) is 18.0. The minimum absolute atomic E-state index is 0.0122. The topological polar surface area (TPSA) is 196 Å². The maximum absolute atomic E-state index is 14.6. The number of carbonyl (C=O) groups excluding carboxylic acids is 1. The molecule has 0 saturated carbocycles. The fourth-order valence-electron chi connectivity index (χ4n) is 18.0. The van der Waals surface area contributed by atoms with Gasteiger partial charge in [0.2, 0.25) is 0 Å². The van der Waals surface area contributed by atoms with E-state index in [0.29, 0.717) is 70.6 Å². The zero-order valence-electron chi connectivity index (χ0n) is 45.4. The van der Waals surface area contributed by atoms with Crippen LogP contribution in [0.3, 0.4) is 0 Å². The van der Waals surface area contributed by atoms with Crippen molar-refractivity contribution in [2.75, 3.05) is 6.61 Å². The van der Waals surface area contributed by atoms with Crippen LogP contribution in [0.25, 0.3) is 0 Å². The van der Waals surface area contributed by atoms with Gasteiger partial charge in [-0.05, 0) is 80.3 Å². The van der Waals surface area contributed by atoms with Gasteiger partial charge in [0.25, 0.3) is 0 Å². The summed E-state index contributed by atoms with van der Waals surface area (Å²) >= 11 is 0. The summed E-state index contributed by atoms with van der Waals surface area (Å²) in [6.45, 7) is 17.8. The summed E-state index contributed by atoms with van der Waals surface area (Å²) in [5.41, 5.74) is 2.16. The lowest BCUT2D eigenvalue weighted by atomic mass is 9.78. The van der Waals surface area contributed by atoms with Gasteiger partial charge in [-0.3, -0.25) is 4.79 Å². The number of hydrogen-bond acceptors (Lipinski definition) is 18. The van der Waals surface area contributed by atoms with E-state index in [1.165, 1.54) is 0 Å². The Hall–Kier alpha value is -1.69. The van der Waals surface area contributed by atoms with Gasteiger partial charge < -0.3 is 81.3 Å². The van der Waals surface area contributed by atoms with Crippen molar-refractivity contribution in [3.8, 4) is 0 Å². The Balaban J connectivity index is 0.664. The Morgan fingerprint density at radius 2 is 1.17 bits per heavy atom. The van der Waals surface area contributed by atoms with Crippen LogP contribution in [0.4, 0.5) is 0 Å². The molecule has 428 valence electrons. The number of hydrogen-bond donors (Lipinski definition) is 2. The summed E-state index contributed by atoms with van der Waals surface area (Å²) in [6.07, 6.45) is 4.13. The van der Waals surface area contributed by atoms with E-state index in [-0.39, 0.29) is 146 Å². The summed E-state index contributed by atoms with van der Waals surface area (Å²) in [4.78, 5) is 14.6. The van der Waals surface area contributed by atoms with Gasteiger partial charge in [0.05, 0.1) is 116 Å². The van der Waals surface area contributed by atoms with Crippen LogP contribution < -0.4 is 0 Å². The third-order valence-electron chi connectivity index (χ3n) is 21.6. The monoisotopic (exact) mass is 1080 g/mol. The Morgan fingerprint density at radius 3 is 2.03 bits per heavy atom. The highest BCUT2D eigenvalue weighted by molar-refractivity contribution is 5.70. The molecule has 0 aromatic heterocycles. The molecule has 0 aliphatic carbocycles. The lowest BCUT2D eigenvalue weighted by molar-refractivity contribution is -0.371. The van der Waals surface area contributed by atoms with Crippen LogP contribution in [0, 0.1) is 23.7 Å². The lowest BCUT2D eigenvalue weighted by Gasteiger charge is -2.54. The van der Waals surface area contributed by atoms with E-state index in [1.807, 2.05) is 0 Å². The summed E-state index contributed by atoms with van der Waals surface area (Å²) < 4.78 is 103. The molecule has 16 rings (SSSR count). The van der Waals surface area contributed by atoms with Crippen molar-refractivity contribution in [1.29, 1.82) is 0 Å². The number of aliphatic hydroxyl groups excluding tert-OH is 2. The van der Waals surface area contributed by atoms with Gasteiger partial charge >= 0.3 is 5.97 Å². The van der Waals surface area contributed by atoms with Gasteiger partial charge in [0.15, 0.2) is 17.4 Å². The van der Waals surface area contributed by atoms with Gasteiger partial charge in [0, 0.05) is 70.3 Å². The number of ether oxygens (including phenoxy) is 15. The lowest BCUT2D eigenvalue weighted by Crippen LogP contribution is -2.62. The van der Waals surface area contributed by atoms with Crippen molar-refractivity contribution < 1.29 is 86.1 Å². The molecule has 2 N–H and O–H groups in total. The summed E-state index contributed by atoms with van der Waals surface area (Å²) in [7, 11) is 0. The van der Waals surface area contributed by atoms with Gasteiger partial charge in [-0.1, -0.05) is 40.9 Å². The van der Waals surface area contributed by atoms with Crippen molar-refractivity contribution in [2.45, 2.75) is 307 Å². The maximum Gasteiger partial charge on any atom is 0.308 e. The van der Waals surface area contributed by atoms with Crippen LogP contribution in [-0.4, -0.2) is 187 Å². The molecule has 77 heavy (non-hydrogen) atoms. The molecular weight excluding hydrogens is 997 g/mol. The summed E-state index contributed by atoms with van der Waals surface area (Å²) in [5, 5.41) is 20.6.